The molecule has 4 rings (SSSR count). The first-order chi connectivity index (χ1) is 13.6. The first-order valence-corrected chi connectivity index (χ1v) is 8.71. The minimum Gasteiger partial charge on any atom is -0.440 e. The zero-order valence-corrected chi connectivity index (χ0v) is 15.2. The Hall–Kier alpha value is -3.92. The van der Waals surface area contributed by atoms with Crippen molar-refractivity contribution in [1.82, 2.24) is 14.5 Å². The number of hydrogen-bond donors (Lipinski definition) is 1. The summed E-state index contributed by atoms with van der Waals surface area (Å²) < 4.78 is 7.29. The molecule has 28 heavy (non-hydrogen) atoms. The largest absolute Gasteiger partial charge is 0.440 e. The average Bonchev–Trinajstić information content (AvgIpc) is 2.71. The molecular weight excluding hydrogens is 354 g/mol. The second-order valence-electron chi connectivity index (χ2n) is 6.53. The van der Waals surface area contributed by atoms with Crippen LogP contribution in [0.1, 0.15) is 28.3 Å². The summed E-state index contributed by atoms with van der Waals surface area (Å²) in [7, 11) is 0. The number of aryl methyl sites for hydroxylation is 1. The van der Waals surface area contributed by atoms with Crippen molar-refractivity contribution in [2.75, 3.05) is 0 Å². The molecule has 0 fully saturated rings. The van der Waals surface area contributed by atoms with Gasteiger partial charge in [0.25, 0.3) is 5.56 Å². The van der Waals surface area contributed by atoms with Crippen LogP contribution in [0.25, 0.3) is 0 Å². The van der Waals surface area contributed by atoms with Crippen molar-refractivity contribution in [3.05, 3.63) is 99.3 Å². The molecule has 0 amide bonds. The fraction of sp³-hybridized carbons (Fsp3) is 0.143. The van der Waals surface area contributed by atoms with Crippen LogP contribution < -0.4 is 16.0 Å². The maximum atomic E-state index is 13.5. The molecule has 138 valence electrons. The van der Waals surface area contributed by atoms with E-state index in [2.05, 4.69) is 16.0 Å². The summed E-state index contributed by atoms with van der Waals surface area (Å²) in [5.74, 6) is -0.251. The third-order valence-corrected chi connectivity index (χ3v) is 4.77. The average molecular weight is 371 g/mol. The molecule has 1 aliphatic rings. The van der Waals surface area contributed by atoms with Crippen molar-refractivity contribution >= 4 is 0 Å². The Kier molecular flexibility index (Phi) is 4.38. The summed E-state index contributed by atoms with van der Waals surface area (Å²) in [5, 5.41) is 9.66. The predicted molar refractivity (Wildman–Crippen MR) is 102 cm³/mol. The lowest BCUT2D eigenvalue weighted by Crippen LogP contribution is -2.33. The van der Waals surface area contributed by atoms with Crippen LogP contribution in [-0.2, 0) is 6.54 Å². The number of nitriles is 1. The van der Waals surface area contributed by atoms with Gasteiger partial charge in [-0.15, -0.1) is 0 Å². The zero-order chi connectivity index (χ0) is 19.7. The summed E-state index contributed by atoms with van der Waals surface area (Å²) in [6.07, 6.45) is 6.68. The number of ether oxygens (including phenoxy) is 1. The molecule has 3 aromatic heterocycles. The number of rotatable bonds is 3. The van der Waals surface area contributed by atoms with Crippen LogP contribution >= 0.6 is 0 Å². The second kappa shape index (κ2) is 7.00. The fourth-order valence-electron chi connectivity index (χ4n) is 3.44. The van der Waals surface area contributed by atoms with Crippen LogP contribution in [0.3, 0.4) is 0 Å². The van der Waals surface area contributed by atoms with Gasteiger partial charge in [-0.3, -0.25) is 14.8 Å². The molecule has 7 heteroatoms. The van der Waals surface area contributed by atoms with Gasteiger partial charge in [-0.1, -0.05) is 12.1 Å². The fourth-order valence-corrected chi connectivity index (χ4v) is 3.44. The second-order valence-corrected chi connectivity index (χ2v) is 6.53. The van der Waals surface area contributed by atoms with Crippen LogP contribution in [0.5, 0.6) is 5.75 Å². The van der Waals surface area contributed by atoms with Crippen LogP contribution in [0.4, 0.5) is 0 Å². The van der Waals surface area contributed by atoms with E-state index in [0.717, 1.165) is 11.3 Å². The van der Waals surface area contributed by atoms with E-state index < -0.39 is 5.92 Å². The van der Waals surface area contributed by atoms with E-state index in [1.165, 1.54) is 0 Å². The van der Waals surface area contributed by atoms with Crippen molar-refractivity contribution in [2.45, 2.75) is 19.4 Å². The highest BCUT2D eigenvalue weighted by atomic mass is 16.5. The molecule has 0 aliphatic carbocycles. The molecule has 0 unspecified atom stereocenters. The van der Waals surface area contributed by atoms with E-state index in [0.29, 0.717) is 23.4 Å². The van der Waals surface area contributed by atoms with E-state index >= 15 is 0 Å². The highest BCUT2D eigenvalue weighted by molar-refractivity contribution is 5.54. The normalized spacial score (nSPS) is 15.5. The highest BCUT2D eigenvalue weighted by Crippen LogP contribution is 2.40. The number of nitrogens with zero attached hydrogens (tertiary/aromatic N) is 4. The third-order valence-electron chi connectivity index (χ3n) is 4.77. The van der Waals surface area contributed by atoms with E-state index in [1.807, 2.05) is 25.1 Å². The van der Waals surface area contributed by atoms with Gasteiger partial charge in [0.2, 0.25) is 5.88 Å². The van der Waals surface area contributed by atoms with Gasteiger partial charge in [0, 0.05) is 36.5 Å². The molecule has 0 bridgehead atoms. The molecule has 0 saturated heterocycles. The maximum absolute atomic E-state index is 13.5. The van der Waals surface area contributed by atoms with Gasteiger partial charge in [0.05, 0.1) is 18.0 Å². The Bertz CT molecular complexity index is 1160. The molecule has 4 heterocycles. The van der Waals surface area contributed by atoms with Gasteiger partial charge >= 0.3 is 0 Å². The number of pyridine rings is 3. The maximum Gasteiger partial charge on any atom is 0.259 e. The number of allylic oxidation sites excluding steroid dienone is 1. The first kappa shape index (κ1) is 17.5. The number of aromatic nitrogens is 3. The third kappa shape index (κ3) is 2.91. The number of hydrogen-bond acceptors (Lipinski definition) is 6. The molecule has 1 aliphatic heterocycles. The van der Waals surface area contributed by atoms with Crippen molar-refractivity contribution in [2.24, 2.45) is 5.73 Å². The smallest absolute Gasteiger partial charge is 0.259 e. The highest BCUT2D eigenvalue weighted by Gasteiger charge is 2.34. The molecule has 7 nitrogen and oxygen atoms in total. The van der Waals surface area contributed by atoms with Crippen LogP contribution in [0, 0.1) is 18.3 Å². The summed E-state index contributed by atoms with van der Waals surface area (Å²) in [4.78, 5) is 21.7. The Morgan fingerprint density at radius 3 is 2.64 bits per heavy atom. The molecule has 0 saturated carbocycles. The number of fused-ring (bicyclic) bond motifs is 1. The molecule has 0 radical (unpaired) electrons. The van der Waals surface area contributed by atoms with Crippen LogP contribution in [0.15, 0.2) is 71.4 Å². The summed E-state index contributed by atoms with van der Waals surface area (Å²) >= 11 is 0. The first-order valence-electron chi connectivity index (χ1n) is 8.71. The lowest BCUT2D eigenvalue weighted by molar-refractivity contribution is 0.389. The minimum absolute atomic E-state index is 0.00709. The van der Waals surface area contributed by atoms with Crippen molar-refractivity contribution in [3.8, 4) is 11.8 Å². The van der Waals surface area contributed by atoms with Crippen LogP contribution in [-0.4, -0.2) is 14.5 Å². The molecule has 0 spiro atoms. The Balaban J connectivity index is 1.93. The van der Waals surface area contributed by atoms with Crippen LogP contribution in [0.2, 0.25) is 0 Å². The molecule has 3 aromatic rings. The molecular formula is C21H17N5O2. The van der Waals surface area contributed by atoms with Gasteiger partial charge in [-0.05, 0) is 30.2 Å². The van der Waals surface area contributed by atoms with Crippen molar-refractivity contribution < 1.29 is 4.74 Å². The van der Waals surface area contributed by atoms with Crippen molar-refractivity contribution in [3.63, 3.8) is 0 Å². The van der Waals surface area contributed by atoms with E-state index in [4.69, 9.17) is 10.5 Å². The van der Waals surface area contributed by atoms with Gasteiger partial charge in [-0.25, -0.2) is 0 Å². The summed E-state index contributed by atoms with van der Waals surface area (Å²) in [6, 6.07) is 11.2. The Morgan fingerprint density at radius 2 is 2.00 bits per heavy atom. The number of nitrogens with two attached hydrogens (primary N) is 1. The SMILES string of the molecule is Cc1cc2c(c(=O)n1Cc1cccnc1)[C@H](c1cccnc1)C(C#N)=C(N)O2. The van der Waals surface area contributed by atoms with Gasteiger partial charge in [0.15, 0.2) is 0 Å². The predicted octanol–water partition coefficient (Wildman–Crippen LogP) is 2.21. The van der Waals surface area contributed by atoms with Gasteiger partial charge < -0.3 is 15.0 Å². The van der Waals surface area contributed by atoms with Gasteiger partial charge in [0.1, 0.15) is 17.4 Å². The monoisotopic (exact) mass is 371 g/mol. The van der Waals surface area contributed by atoms with Crippen molar-refractivity contribution in [1.29, 1.82) is 5.26 Å². The Labute approximate surface area is 161 Å². The minimum atomic E-state index is -0.629. The zero-order valence-electron chi connectivity index (χ0n) is 15.2. The quantitative estimate of drug-likeness (QED) is 0.756. The van der Waals surface area contributed by atoms with E-state index in [1.54, 1.807) is 41.5 Å². The Morgan fingerprint density at radius 1 is 1.25 bits per heavy atom. The van der Waals surface area contributed by atoms with E-state index in [-0.39, 0.29) is 17.0 Å². The summed E-state index contributed by atoms with van der Waals surface area (Å²) in [5.41, 5.74) is 8.69. The molecule has 0 aromatic carbocycles. The lowest BCUT2D eigenvalue weighted by Gasteiger charge is -2.27. The standard InChI is InChI=1S/C21H17N5O2/c1-13-8-17-19(21(27)26(13)12-14-4-2-6-24-10-14)18(15-5-3-7-25-11-15)16(9-22)20(23)28-17/h2-8,10-11,18H,12,23H2,1H3/t18-/m1/s1. The molecule has 2 N–H and O–H groups in total. The molecule has 1 atom stereocenters. The lowest BCUT2D eigenvalue weighted by atomic mass is 9.85. The van der Waals surface area contributed by atoms with Gasteiger partial charge in [-0.2, -0.15) is 5.26 Å². The summed E-state index contributed by atoms with van der Waals surface area (Å²) in [6.45, 7) is 2.20. The topological polar surface area (TPSA) is 107 Å². The van der Waals surface area contributed by atoms with E-state index in [9.17, 15) is 10.1 Å².